The van der Waals surface area contributed by atoms with E-state index in [-0.39, 0.29) is 22.8 Å². The summed E-state index contributed by atoms with van der Waals surface area (Å²) in [5.41, 5.74) is 3.37. The fraction of sp³-hybridized carbons (Fsp3) is 0.200. The summed E-state index contributed by atoms with van der Waals surface area (Å²) in [4.78, 5) is 12.5. The van der Waals surface area contributed by atoms with Crippen LogP contribution in [0.3, 0.4) is 0 Å². The Morgan fingerprint density at radius 1 is 1.00 bits per heavy atom. The Morgan fingerprint density at radius 2 is 1.69 bits per heavy atom. The number of carbonyl (C=O) groups is 1. The average Bonchev–Trinajstić information content (AvgIpc) is 2.87. The van der Waals surface area contributed by atoms with Crippen LogP contribution in [-0.2, 0) is 21.2 Å². The molecular weight excluding hydrogens is 473 g/mol. The molecule has 0 bridgehead atoms. The summed E-state index contributed by atoms with van der Waals surface area (Å²) >= 11 is 0. The van der Waals surface area contributed by atoms with Crippen LogP contribution in [-0.4, -0.2) is 52.2 Å². The lowest BCUT2D eigenvalue weighted by atomic mass is 10.1. The predicted molar refractivity (Wildman–Crippen MR) is 131 cm³/mol. The molecule has 0 saturated heterocycles. The van der Waals surface area contributed by atoms with Crippen LogP contribution < -0.4 is 14.9 Å². The Hall–Kier alpha value is -3.76. The molecule has 3 rings (SSSR count). The monoisotopic (exact) mass is 499 g/mol. The summed E-state index contributed by atoms with van der Waals surface area (Å²) < 4.78 is 52.1. The number of benzene rings is 3. The molecule has 0 radical (unpaired) electrons. The molecule has 3 aromatic rings. The third-order valence-electron chi connectivity index (χ3n) is 5.10. The minimum absolute atomic E-state index is 0.0468. The first-order valence-electron chi connectivity index (χ1n) is 10.7. The van der Waals surface area contributed by atoms with Crippen molar-refractivity contribution in [2.45, 2.75) is 11.3 Å². The highest BCUT2D eigenvalue weighted by Crippen LogP contribution is 2.30. The van der Waals surface area contributed by atoms with Crippen LogP contribution in [0.4, 0.5) is 4.39 Å². The molecule has 0 aliphatic heterocycles. The number of nitrogens with zero attached hydrogens (tertiary/aromatic N) is 2. The van der Waals surface area contributed by atoms with E-state index >= 15 is 0 Å². The van der Waals surface area contributed by atoms with Crippen LogP contribution >= 0.6 is 0 Å². The molecule has 0 aliphatic rings. The summed E-state index contributed by atoms with van der Waals surface area (Å²) in [5, 5.41) is 3.76. The van der Waals surface area contributed by atoms with Gasteiger partial charge in [0, 0.05) is 18.2 Å². The van der Waals surface area contributed by atoms with E-state index in [0.717, 1.165) is 16.1 Å². The molecule has 0 aliphatic carbocycles. The van der Waals surface area contributed by atoms with E-state index in [2.05, 4.69) is 10.5 Å². The highest BCUT2D eigenvalue weighted by atomic mass is 32.2. The number of hydrazone groups is 1. The fourth-order valence-electron chi connectivity index (χ4n) is 3.26. The molecule has 1 N–H and O–H groups in total. The summed E-state index contributed by atoms with van der Waals surface area (Å²) in [6, 6.07) is 19.5. The van der Waals surface area contributed by atoms with Crippen molar-refractivity contribution >= 4 is 22.1 Å². The SMILES string of the molecule is COc1ccc(S(=O)(=O)N(CCc2ccccc2)CC(=O)N/N=C\c2ccccc2F)cc1OC. The second-order valence-electron chi connectivity index (χ2n) is 7.41. The van der Waals surface area contributed by atoms with Gasteiger partial charge in [-0.2, -0.15) is 9.41 Å². The standard InChI is InChI=1S/C25H26FN3O5S/c1-33-23-13-12-21(16-24(23)34-2)35(31,32)29(15-14-19-8-4-3-5-9-19)18-25(30)28-27-17-20-10-6-7-11-22(20)26/h3-13,16-17H,14-15,18H2,1-2H3,(H,28,30)/b27-17-. The Labute approximate surface area is 204 Å². The first-order chi connectivity index (χ1) is 16.8. The van der Waals surface area contributed by atoms with Gasteiger partial charge in [-0.3, -0.25) is 4.79 Å². The zero-order valence-corrected chi connectivity index (χ0v) is 20.2. The van der Waals surface area contributed by atoms with Gasteiger partial charge in [0.25, 0.3) is 5.91 Å². The smallest absolute Gasteiger partial charge is 0.255 e. The van der Waals surface area contributed by atoms with Gasteiger partial charge in [0.1, 0.15) is 5.82 Å². The maximum atomic E-state index is 13.7. The number of ether oxygens (including phenoxy) is 2. The van der Waals surface area contributed by atoms with E-state index in [1.54, 1.807) is 6.07 Å². The molecule has 0 fully saturated rings. The van der Waals surface area contributed by atoms with Gasteiger partial charge in [-0.15, -0.1) is 0 Å². The van der Waals surface area contributed by atoms with Gasteiger partial charge in [0.15, 0.2) is 11.5 Å². The number of nitrogens with one attached hydrogen (secondary N) is 1. The van der Waals surface area contributed by atoms with E-state index in [1.165, 1.54) is 50.6 Å². The van der Waals surface area contributed by atoms with Gasteiger partial charge in [-0.1, -0.05) is 48.5 Å². The van der Waals surface area contributed by atoms with Crippen molar-refractivity contribution in [3.8, 4) is 11.5 Å². The van der Waals surface area contributed by atoms with E-state index in [4.69, 9.17) is 9.47 Å². The second-order valence-corrected chi connectivity index (χ2v) is 9.34. The first kappa shape index (κ1) is 25.9. The van der Waals surface area contributed by atoms with Crippen molar-refractivity contribution in [2.75, 3.05) is 27.3 Å². The van der Waals surface area contributed by atoms with E-state index in [1.807, 2.05) is 30.3 Å². The second kappa shape index (κ2) is 12.1. The third kappa shape index (κ3) is 6.87. The molecular formula is C25H26FN3O5S. The van der Waals surface area contributed by atoms with Crippen molar-refractivity contribution in [3.63, 3.8) is 0 Å². The van der Waals surface area contributed by atoms with Crippen molar-refractivity contribution in [1.82, 2.24) is 9.73 Å². The largest absolute Gasteiger partial charge is 0.493 e. The zero-order chi connectivity index (χ0) is 25.3. The van der Waals surface area contributed by atoms with Crippen LogP contribution in [0.2, 0.25) is 0 Å². The predicted octanol–water partition coefficient (Wildman–Crippen LogP) is 3.23. The van der Waals surface area contributed by atoms with Crippen LogP contribution in [0.15, 0.2) is 82.8 Å². The Balaban J connectivity index is 1.81. The summed E-state index contributed by atoms with van der Waals surface area (Å²) in [7, 11) is -1.23. The number of rotatable bonds is 11. The lowest BCUT2D eigenvalue weighted by molar-refractivity contribution is -0.121. The molecule has 184 valence electrons. The molecule has 0 saturated carbocycles. The minimum Gasteiger partial charge on any atom is -0.493 e. The van der Waals surface area contributed by atoms with Gasteiger partial charge < -0.3 is 9.47 Å². The van der Waals surface area contributed by atoms with Crippen molar-refractivity contribution in [1.29, 1.82) is 0 Å². The number of amides is 1. The number of hydrogen-bond donors (Lipinski definition) is 1. The highest BCUT2D eigenvalue weighted by molar-refractivity contribution is 7.89. The summed E-state index contributed by atoms with van der Waals surface area (Å²) in [6.07, 6.45) is 1.55. The van der Waals surface area contributed by atoms with Crippen molar-refractivity contribution in [2.24, 2.45) is 5.10 Å². The molecule has 0 atom stereocenters. The van der Waals surface area contributed by atoms with Crippen LogP contribution in [0.5, 0.6) is 11.5 Å². The number of carbonyl (C=O) groups excluding carboxylic acids is 1. The van der Waals surface area contributed by atoms with Crippen LogP contribution in [0.1, 0.15) is 11.1 Å². The Bertz CT molecular complexity index is 1280. The summed E-state index contributed by atoms with van der Waals surface area (Å²) in [6.45, 7) is -0.441. The molecule has 3 aromatic carbocycles. The van der Waals surface area contributed by atoms with Gasteiger partial charge in [-0.05, 0) is 30.2 Å². The molecule has 0 heterocycles. The zero-order valence-electron chi connectivity index (χ0n) is 19.3. The molecule has 35 heavy (non-hydrogen) atoms. The molecule has 10 heteroatoms. The lowest BCUT2D eigenvalue weighted by Gasteiger charge is -2.22. The average molecular weight is 500 g/mol. The molecule has 0 spiro atoms. The number of sulfonamides is 1. The van der Waals surface area contributed by atoms with Gasteiger partial charge in [0.2, 0.25) is 10.0 Å². The van der Waals surface area contributed by atoms with Gasteiger partial charge in [-0.25, -0.2) is 18.2 Å². The topological polar surface area (TPSA) is 97.3 Å². The number of halogens is 1. The quantitative estimate of drug-likeness (QED) is 0.323. The van der Waals surface area contributed by atoms with E-state index in [0.29, 0.717) is 12.2 Å². The summed E-state index contributed by atoms with van der Waals surface area (Å²) in [5.74, 6) is -0.543. The molecule has 0 unspecified atom stereocenters. The Morgan fingerprint density at radius 3 is 2.37 bits per heavy atom. The van der Waals surface area contributed by atoms with Crippen LogP contribution in [0.25, 0.3) is 0 Å². The normalized spacial score (nSPS) is 11.5. The highest BCUT2D eigenvalue weighted by Gasteiger charge is 2.27. The van der Waals surface area contributed by atoms with Gasteiger partial charge in [0.05, 0.1) is 31.9 Å². The van der Waals surface area contributed by atoms with E-state index in [9.17, 15) is 17.6 Å². The lowest BCUT2D eigenvalue weighted by Crippen LogP contribution is -2.40. The maximum absolute atomic E-state index is 13.7. The molecule has 8 nitrogen and oxygen atoms in total. The van der Waals surface area contributed by atoms with E-state index < -0.39 is 28.3 Å². The van der Waals surface area contributed by atoms with Crippen LogP contribution in [0, 0.1) is 5.82 Å². The third-order valence-corrected chi connectivity index (χ3v) is 6.94. The minimum atomic E-state index is -4.08. The van der Waals surface area contributed by atoms with Crippen molar-refractivity contribution in [3.05, 3.63) is 89.7 Å². The molecule has 1 amide bonds. The molecule has 0 aromatic heterocycles. The number of hydrogen-bond acceptors (Lipinski definition) is 6. The van der Waals surface area contributed by atoms with Crippen molar-refractivity contribution < 1.29 is 27.1 Å². The Kier molecular flexibility index (Phi) is 8.93. The maximum Gasteiger partial charge on any atom is 0.255 e. The van der Waals surface area contributed by atoms with Gasteiger partial charge >= 0.3 is 0 Å². The first-order valence-corrected chi connectivity index (χ1v) is 12.1. The number of methoxy groups -OCH3 is 2. The fourth-order valence-corrected chi connectivity index (χ4v) is 4.67.